The van der Waals surface area contributed by atoms with E-state index in [-0.39, 0.29) is 11.5 Å². The van der Waals surface area contributed by atoms with Crippen LogP contribution in [0.4, 0.5) is 11.5 Å². The zero-order chi connectivity index (χ0) is 15.4. The van der Waals surface area contributed by atoms with Crippen LogP contribution in [0, 0.1) is 0 Å². The average Bonchev–Trinajstić information content (AvgIpc) is 2.47. The molecule has 0 saturated heterocycles. The minimum atomic E-state index is -0.966. The molecule has 1 aromatic heterocycles. The number of hydrogen-bond acceptors (Lipinski definition) is 4. The number of benzene rings is 1. The monoisotopic (exact) mass is 285 g/mol. The fourth-order valence-corrected chi connectivity index (χ4v) is 1.70. The van der Waals surface area contributed by atoms with Crippen molar-refractivity contribution >= 4 is 23.4 Å². The molecule has 1 heterocycles. The summed E-state index contributed by atoms with van der Waals surface area (Å²) in [5.41, 5.74) is 1.45. The molecular weight excluding hydrogens is 270 g/mol. The highest BCUT2D eigenvalue weighted by atomic mass is 16.4. The van der Waals surface area contributed by atoms with Crippen molar-refractivity contribution in [3.63, 3.8) is 0 Å². The summed E-state index contributed by atoms with van der Waals surface area (Å²) in [6, 6.07) is 9.71. The molecule has 0 aliphatic carbocycles. The van der Waals surface area contributed by atoms with Gasteiger partial charge < -0.3 is 15.3 Å². The Hall–Kier alpha value is -2.89. The molecule has 0 saturated carbocycles. The van der Waals surface area contributed by atoms with Gasteiger partial charge in [-0.15, -0.1) is 0 Å². The van der Waals surface area contributed by atoms with Gasteiger partial charge in [0.25, 0.3) is 5.91 Å². The van der Waals surface area contributed by atoms with E-state index in [0.717, 1.165) is 5.69 Å². The van der Waals surface area contributed by atoms with Gasteiger partial charge in [0.15, 0.2) is 0 Å². The summed E-state index contributed by atoms with van der Waals surface area (Å²) in [6.45, 7) is 0. The number of pyridine rings is 1. The molecule has 0 aliphatic heterocycles. The van der Waals surface area contributed by atoms with E-state index in [9.17, 15) is 9.59 Å². The predicted molar refractivity (Wildman–Crippen MR) is 78.9 cm³/mol. The number of carbonyl (C=O) groups is 2. The third-order valence-electron chi connectivity index (χ3n) is 2.82. The predicted octanol–water partition coefficient (Wildman–Crippen LogP) is 2.23. The molecule has 0 spiro atoms. The van der Waals surface area contributed by atoms with E-state index < -0.39 is 5.97 Å². The van der Waals surface area contributed by atoms with E-state index in [1.165, 1.54) is 23.2 Å². The molecule has 2 N–H and O–H groups in total. The second-order valence-electron chi connectivity index (χ2n) is 4.64. The van der Waals surface area contributed by atoms with E-state index in [1.54, 1.807) is 38.4 Å². The summed E-state index contributed by atoms with van der Waals surface area (Å²) in [6.07, 6.45) is 1.50. The molecule has 1 amide bonds. The lowest BCUT2D eigenvalue weighted by Crippen LogP contribution is -2.21. The number of carbonyl (C=O) groups excluding carboxylic acids is 1. The molecule has 0 unspecified atom stereocenters. The van der Waals surface area contributed by atoms with Crippen LogP contribution < -0.4 is 5.32 Å². The number of rotatable bonds is 4. The Morgan fingerprint density at radius 2 is 1.67 bits per heavy atom. The second-order valence-corrected chi connectivity index (χ2v) is 4.64. The second kappa shape index (κ2) is 6.04. The van der Waals surface area contributed by atoms with E-state index in [1.807, 2.05) is 0 Å². The van der Waals surface area contributed by atoms with Gasteiger partial charge in [-0.3, -0.25) is 4.79 Å². The SMILES string of the molecule is CN(C)C(=O)c1ccc(Nc2ccc(C(=O)O)cc2)nc1. The maximum Gasteiger partial charge on any atom is 0.335 e. The molecule has 0 bridgehead atoms. The molecule has 2 rings (SSSR count). The van der Waals surface area contributed by atoms with Crippen LogP contribution in [0.3, 0.4) is 0 Å². The molecule has 108 valence electrons. The molecule has 6 heteroatoms. The number of amides is 1. The lowest BCUT2D eigenvalue weighted by Gasteiger charge is -2.10. The van der Waals surface area contributed by atoms with Crippen LogP contribution in [0.2, 0.25) is 0 Å². The summed E-state index contributed by atoms with van der Waals surface area (Å²) >= 11 is 0. The van der Waals surface area contributed by atoms with Crippen molar-refractivity contribution in [2.45, 2.75) is 0 Å². The molecular formula is C15H15N3O3. The van der Waals surface area contributed by atoms with Crippen LogP contribution in [0.1, 0.15) is 20.7 Å². The molecule has 2 aromatic rings. The van der Waals surface area contributed by atoms with Gasteiger partial charge in [-0.25, -0.2) is 9.78 Å². The largest absolute Gasteiger partial charge is 0.478 e. The Balaban J connectivity index is 2.09. The Morgan fingerprint density at radius 1 is 1.05 bits per heavy atom. The van der Waals surface area contributed by atoms with Crippen molar-refractivity contribution < 1.29 is 14.7 Å². The van der Waals surface area contributed by atoms with E-state index in [0.29, 0.717) is 11.4 Å². The lowest BCUT2D eigenvalue weighted by molar-refractivity contribution is 0.0696. The molecule has 0 atom stereocenters. The zero-order valence-corrected chi connectivity index (χ0v) is 11.7. The van der Waals surface area contributed by atoms with E-state index >= 15 is 0 Å². The molecule has 0 fully saturated rings. The van der Waals surface area contributed by atoms with Gasteiger partial charge in [-0.1, -0.05) is 0 Å². The first kappa shape index (κ1) is 14.5. The number of anilines is 2. The summed E-state index contributed by atoms with van der Waals surface area (Å²) in [5, 5.41) is 11.9. The van der Waals surface area contributed by atoms with Crippen LogP contribution in [0.25, 0.3) is 0 Å². The summed E-state index contributed by atoms with van der Waals surface area (Å²) < 4.78 is 0. The van der Waals surface area contributed by atoms with Crippen molar-refractivity contribution in [1.82, 2.24) is 9.88 Å². The molecule has 21 heavy (non-hydrogen) atoms. The maximum absolute atomic E-state index is 11.7. The number of carboxylic acid groups (broad SMARTS) is 1. The minimum absolute atomic E-state index is 0.111. The van der Waals surface area contributed by atoms with Crippen molar-refractivity contribution in [1.29, 1.82) is 0 Å². The first-order valence-electron chi connectivity index (χ1n) is 6.25. The van der Waals surface area contributed by atoms with Crippen molar-refractivity contribution in [2.75, 3.05) is 19.4 Å². The van der Waals surface area contributed by atoms with Crippen molar-refractivity contribution in [3.8, 4) is 0 Å². The highest BCUT2D eigenvalue weighted by Crippen LogP contribution is 2.16. The Bertz CT molecular complexity index is 649. The molecule has 0 aliphatic rings. The molecule has 1 aromatic carbocycles. The standard InChI is InChI=1S/C15H15N3O3/c1-18(2)14(19)11-5-8-13(16-9-11)17-12-6-3-10(4-7-12)15(20)21/h3-9H,1-2H3,(H,16,17)(H,20,21). The summed E-state index contributed by atoms with van der Waals surface area (Å²) in [7, 11) is 3.36. The van der Waals surface area contributed by atoms with Gasteiger partial charge in [0.1, 0.15) is 5.82 Å². The topological polar surface area (TPSA) is 82.5 Å². The Labute approximate surface area is 122 Å². The van der Waals surface area contributed by atoms with Crippen LogP contribution in [-0.4, -0.2) is 41.0 Å². The number of aromatic carboxylic acids is 1. The minimum Gasteiger partial charge on any atom is -0.478 e. The highest BCUT2D eigenvalue weighted by molar-refractivity contribution is 5.93. The van der Waals surface area contributed by atoms with Gasteiger partial charge in [-0.2, -0.15) is 0 Å². The van der Waals surface area contributed by atoms with Crippen LogP contribution in [-0.2, 0) is 0 Å². The van der Waals surface area contributed by atoms with Gasteiger partial charge >= 0.3 is 5.97 Å². The normalized spacial score (nSPS) is 10.0. The van der Waals surface area contributed by atoms with Crippen LogP contribution >= 0.6 is 0 Å². The quantitative estimate of drug-likeness (QED) is 0.900. The Kier molecular flexibility index (Phi) is 4.18. The third-order valence-corrected chi connectivity index (χ3v) is 2.82. The summed E-state index contributed by atoms with van der Waals surface area (Å²) in [5.74, 6) is -0.500. The number of aromatic nitrogens is 1. The number of nitrogens with zero attached hydrogens (tertiary/aromatic N) is 2. The van der Waals surface area contributed by atoms with E-state index in [2.05, 4.69) is 10.3 Å². The number of nitrogens with one attached hydrogen (secondary N) is 1. The summed E-state index contributed by atoms with van der Waals surface area (Å²) in [4.78, 5) is 28.1. The highest BCUT2D eigenvalue weighted by Gasteiger charge is 2.08. The van der Waals surface area contributed by atoms with Crippen LogP contribution in [0.5, 0.6) is 0 Å². The van der Waals surface area contributed by atoms with Crippen molar-refractivity contribution in [3.05, 3.63) is 53.7 Å². The van der Waals surface area contributed by atoms with Crippen molar-refractivity contribution in [2.24, 2.45) is 0 Å². The first-order chi connectivity index (χ1) is 9.97. The van der Waals surface area contributed by atoms with Gasteiger partial charge in [0.2, 0.25) is 0 Å². The molecule has 0 radical (unpaired) electrons. The number of hydrogen-bond donors (Lipinski definition) is 2. The van der Waals surface area contributed by atoms with Crippen LogP contribution in [0.15, 0.2) is 42.6 Å². The fraction of sp³-hybridized carbons (Fsp3) is 0.133. The third kappa shape index (κ3) is 3.56. The average molecular weight is 285 g/mol. The zero-order valence-electron chi connectivity index (χ0n) is 11.7. The van der Waals surface area contributed by atoms with Gasteiger partial charge in [-0.05, 0) is 36.4 Å². The fourth-order valence-electron chi connectivity index (χ4n) is 1.70. The number of carboxylic acids is 1. The Morgan fingerprint density at radius 3 is 2.14 bits per heavy atom. The van der Waals surface area contributed by atoms with Gasteiger partial charge in [0.05, 0.1) is 11.1 Å². The first-order valence-corrected chi connectivity index (χ1v) is 6.25. The van der Waals surface area contributed by atoms with E-state index in [4.69, 9.17) is 5.11 Å². The smallest absolute Gasteiger partial charge is 0.335 e. The molecule has 6 nitrogen and oxygen atoms in total. The van der Waals surface area contributed by atoms with Gasteiger partial charge in [0, 0.05) is 26.0 Å². The lowest BCUT2D eigenvalue weighted by atomic mass is 10.2. The maximum atomic E-state index is 11.7.